The predicted molar refractivity (Wildman–Crippen MR) is 165 cm³/mol. The Bertz CT molecular complexity index is 1170. The molecule has 0 bridgehead atoms. The Balaban J connectivity index is 0.00000127. The van der Waals surface area contributed by atoms with E-state index in [0.29, 0.717) is 24.2 Å². The molecule has 0 aliphatic carbocycles. The summed E-state index contributed by atoms with van der Waals surface area (Å²) in [5, 5.41) is 7.19. The van der Waals surface area contributed by atoms with Crippen molar-refractivity contribution in [3.05, 3.63) is 72.6 Å². The van der Waals surface area contributed by atoms with Crippen LogP contribution >= 0.6 is 49.6 Å². The molecule has 4 N–H and O–H groups in total. The third-order valence-electron chi connectivity index (χ3n) is 7.32. The number of H-pyrrole nitrogens is 2. The van der Waals surface area contributed by atoms with Crippen molar-refractivity contribution >= 4 is 49.6 Å². The molecule has 6 nitrogen and oxygen atoms in total. The minimum absolute atomic E-state index is 0. The summed E-state index contributed by atoms with van der Waals surface area (Å²) >= 11 is 0. The SMILES string of the molecule is C[C@H]1CC[C@@H](c2ncc(-c3ccc(-c4ccc(-c5cnc([C@@H]6CC[C@H](C)N6)[nH]5)cc4)cc3)[nH]2)N1.Cl.Cl.Cl.Cl. The fourth-order valence-electron chi connectivity index (χ4n) is 5.29. The van der Waals surface area contributed by atoms with Crippen molar-refractivity contribution in [1.29, 1.82) is 0 Å². The van der Waals surface area contributed by atoms with Gasteiger partial charge >= 0.3 is 0 Å². The van der Waals surface area contributed by atoms with E-state index in [1.807, 2.05) is 12.4 Å². The highest BCUT2D eigenvalue weighted by molar-refractivity contribution is 5.86. The molecule has 10 heteroatoms. The Kier molecular flexibility index (Phi) is 11.7. The van der Waals surface area contributed by atoms with Gasteiger partial charge in [-0.15, -0.1) is 49.6 Å². The van der Waals surface area contributed by atoms with Gasteiger partial charge in [-0.1, -0.05) is 48.5 Å². The van der Waals surface area contributed by atoms with Crippen LogP contribution in [0.5, 0.6) is 0 Å². The highest BCUT2D eigenvalue weighted by atomic mass is 35.5. The number of aromatic nitrogens is 4. The van der Waals surface area contributed by atoms with Crippen LogP contribution in [0.4, 0.5) is 0 Å². The van der Waals surface area contributed by atoms with Crippen LogP contribution in [0.3, 0.4) is 0 Å². The van der Waals surface area contributed by atoms with E-state index in [-0.39, 0.29) is 49.6 Å². The van der Waals surface area contributed by atoms with E-state index in [4.69, 9.17) is 0 Å². The van der Waals surface area contributed by atoms with Crippen molar-refractivity contribution < 1.29 is 0 Å². The summed E-state index contributed by atoms with van der Waals surface area (Å²) in [4.78, 5) is 16.3. The van der Waals surface area contributed by atoms with Crippen LogP contribution in [-0.4, -0.2) is 32.0 Å². The first-order valence-electron chi connectivity index (χ1n) is 12.5. The first-order chi connectivity index (χ1) is 16.6. The van der Waals surface area contributed by atoms with E-state index in [2.05, 4.69) is 92.9 Å². The molecule has 2 aromatic carbocycles. The zero-order valence-electron chi connectivity index (χ0n) is 21.4. The van der Waals surface area contributed by atoms with E-state index in [1.54, 1.807) is 0 Å². The van der Waals surface area contributed by atoms with Crippen molar-refractivity contribution in [2.24, 2.45) is 0 Å². The average molecular weight is 598 g/mol. The quantitative estimate of drug-likeness (QED) is 0.193. The maximum absolute atomic E-state index is 4.63. The molecule has 2 aromatic heterocycles. The smallest absolute Gasteiger partial charge is 0.123 e. The summed E-state index contributed by atoms with van der Waals surface area (Å²) in [6.07, 6.45) is 8.58. The van der Waals surface area contributed by atoms with Crippen LogP contribution in [-0.2, 0) is 0 Å². The molecule has 4 aromatic rings. The van der Waals surface area contributed by atoms with Crippen LogP contribution in [0, 0.1) is 0 Å². The third kappa shape index (κ3) is 6.74. The van der Waals surface area contributed by atoms with Gasteiger partial charge in [0.15, 0.2) is 0 Å². The molecule has 2 saturated heterocycles. The van der Waals surface area contributed by atoms with E-state index in [9.17, 15) is 0 Å². The van der Waals surface area contributed by atoms with Crippen molar-refractivity contribution in [2.75, 3.05) is 0 Å². The topological polar surface area (TPSA) is 81.4 Å². The van der Waals surface area contributed by atoms with Gasteiger partial charge in [-0.05, 0) is 61.8 Å². The standard InChI is InChI=1S/C28H32N6.4ClH/c1-17-3-13-23(31-17)27-29-15-25(33-27)21-9-5-19(6-10-21)20-7-11-22(12-8-20)26-16-30-28(34-26)24-14-4-18(2)32-24;;;;/h5-12,15-18,23-24,31-32H,3-4,13-14H2,1-2H3,(H,29,33)(H,30,34);4*1H/t17-,18-,23-,24-;;;;/m0..../s1. The second-order valence-electron chi connectivity index (χ2n) is 9.91. The van der Waals surface area contributed by atoms with Crippen molar-refractivity contribution in [2.45, 2.75) is 63.7 Å². The fraction of sp³-hybridized carbons (Fsp3) is 0.357. The zero-order chi connectivity index (χ0) is 23.1. The minimum Gasteiger partial charge on any atom is -0.341 e. The number of nitrogens with one attached hydrogen (secondary N) is 4. The van der Waals surface area contributed by atoms with Crippen molar-refractivity contribution in [3.8, 4) is 33.6 Å². The minimum atomic E-state index is 0. The number of halogens is 4. The average Bonchev–Trinajstić information content (AvgIpc) is 3.66. The van der Waals surface area contributed by atoms with Crippen LogP contribution in [0.15, 0.2) is 60.9 Å². The largest absolute Gasteiger partial charge is 0.341 e. The van der Waals surface area contributed by atoms with Crippen LogP contribution in [0.25, 0.3) is 33.6 Å². The second-order valence-corrected chi connectivity index (χ2v) is 9.91. The van der Waals surface area contributed by atoms with Gasteiger partial charge in [0.25, 0.3) is 0 Å². The number of imidazole rings is 2. The Morgan fingerprint density at radius 1 is 0.526 bits per heavy atom. The lowest BCUT2D eigenvalue weighted by atomic mass is 10.0. The Morgan fingerprint density at radius 3 is 1.18 bits per heavy atom. The molecule has 0 amide bonds. The molecule has 0 saturated carbocycles. The van der Waals surface area contributed by atoms with Crippen molar-refractivity contribution in [1.82, 2.24) is 30.6 Å². The molecule has 206 valence electrons. The van der Waals surface area contributed by atoms with Crippen LogP contribution in [0.1, 0.15) is 63.3 Å². The van der Waals surface area contributed by atoms with E-state index in [1.165, 1.54) is 24.0 Å². The molecule has 0 radical (unpaired) electrons. The maximum Gasteiger partial charge on any atom is 0.123 e. The first-order valence-corrected chi connectivity index (χ1v) is 12.5. The van der Waals surface area contributed by atoms with Crippen molar-refractivity contribution in [3.63, 3.8) is 0 Å². The number of rotatable bonds is 5. The second kappa shape index (κ2) is 13.8. The highest BCUT2D eigenvalue weighted by Crippen LogP contribution is 2.30. The lowest BCUT2D eigenvalue weighted by Gasteiger charge is -2.08. The monoisotopic (exact) mass is 596 g/mol. The maximum atomic E-state index is 4.63. The number of nitrogens with zero attached hydrogens (tertiary/aromatic N) is 2. The summed E-state index contributed by atoms with van der Waals surface area (Å²) in [6.45, 7) is 4.46. The number of hydrogen-bond acceptors (Lipinski definition) is 4. The third-order valence-corrected chi connectivity index (χ3v) is 7.32. The molecule has 6 rings (SSSR count). The van der Waals surface area contributed by atoms with Gasteiger partial charge < -0.3 is 20.6 Å². The normalized spacial score (nSPS) is 22.1. The van der Waals surface area contributed by atoms with Gasteiger partial charge in [-0.3, -0.25) is 0 Å². The van der Waals surface area contributed by atoms with Crippen LogP contribution in [0.2, 0.25) is 0 Å². The summed E-state index contributed by atoms with van der Waals surface area (Å²) < 4.78 is 0. The molecule has 2 fully saturated rings. The van der Waals surface area contributed by atoms with Gasteiger partial charge in [0.05, 0.1) is 35.9 Å². The van der Waals surface area contributed by atoms with Gasteiger partial charge in [-0.2, -0.15) is 0 Å². The fourth-order valence-corrected chi connectivity index (χ4v) is 5.29. The molecular formula is C28H36Cl4N6. The van der Waals surface area contributed by atoms with Gasteiger partial charge in [-0.25, -0.2) is 9.97 Å². The predicted octanol–water partition coefficient (Wildman–Crippen LogP) is 7.45. The Hall–Kier alpha value is -2.06. The summed E-state index contributed by atoms with van der Waals surface area (Å²) in [6, 6.07) is 19.2. The zero-order valence-corrected chi connectivity index (χ0v) is 24.7. The van der Waals surface area contributed by atoms with Gasteiger partial charge in [0, 0.05) is 12.1 Å². The molecule has 4 atom stereocenters. The number of hydrogen-bond donors (Lipinski definition) is 4. The highest BCUT2D eigenvalue weighted by Gasteiger charge is 2.25. The lowest BCUT2D eigenvalue weighted by Crippen LogP contribution is -2.21. The van der Waals surface area contributed by atoms with E-state index in [0.717, 1.165) is 47.0 Å². The summed E-state index contributed by atoms with van der Waals surface area (Å²) in [5.74, 6) is 2.08. The Morgan fingerprint density at radius 2 is 0.868 bits per heavy atom. The molecule has 38 heavy (non-hydrogen) atoms. The first kappa shape index (κ1) is 32.2. The van der Waals surface area contributed by atoms with E-state index >= 15 is 0 Å². The summed E-state index contributed by atoms with van der Waals surface area (Å²) in [5.41, 5.74) is 6.86. The van der Waals surface area contributed by atoms with Gasteiger partial charge in [0.1, 0.15) is 11.6 Å². The van der Waals surface area contributed by atoms with E-state index < -0.39 is 0 Å². The molecule has 0 unspecified atom stereocenters. The van der Waals surface area contributed by atoms with Crippen LogP contribution < -0.4 is 10.6 Å². The number of aromatic amines is 2. The molecule has 0 spiro atoms. The number of benzene rings is 2. The molecular weight excluding hydrogens is 562 g/mol. The molecule has 2 aliphatic heterocycles. The Labute approximate surface area is 249 Å². The van der Waals surface area contributed by atoms with Gasteiger partial charge in [0.2, 0.25) is 0 Å². The molecule has 2 aliphatic rings. The summed E-state index contributed by atoms with van der Waals surface area (Å²) in [7, 11) is 0. The lowest BCUT2D eigenvalue weighted by molar-refractivity contribution is 0.564. The molecule has 4 heterocycles.